The molecular weight excluding hydrogens is 258 g/mol. The molecule has 0 spiro atoms. The molecule has 1 aliphatic heterocycles. The lowest BCUT2D eigenvalue weighted by atomic mass is 10.0. The van der Waals surface area contributed by atoms with E-state index in [-0.39, 0.29) is 5.60 Å². The zero-order valence-electron chi connectivity index (χ0n) is 14.0. The Morgan fingerprint density at radius 1 is 1.10 bits per heavy atom. The topological polar surface area (TPSA) is 21.3 Å². The maximum atomic E-state index is 5.92. The van der Waals surface area contributed by atoms with Gasteiger partial charge in [-0.05, 0) is 44.0 Å². The summed E-state index contributed by atoms with van der Waals surface area (Å²) >= 11 is 0. The van der Waals surface area contributed by atoms with Gasteiger partial charge in [0.2, 0.25) is 0 Å². The molecule has 118 valence electrons. The second-order valence-corrected chi connectivity index (χ2v) is 6.93. The Morgan fingerprint density at radius 2 is 1.86 bits per heavy atom. The second-order valence-electron chi connectivity index (χ2n) is 6.93. The molecule has 0 saturated carbocycles. The molecule has 0 aliphatic carbocycles. The summed E-state index contributed by atoms with van der Waals surface area (Å²) in [6.07, 6.45) is 9.19. The zero-order valence-corrected chi connectivity index (χ0v) is 14.0. The molecule has 1 aliphatic rings. The van der Waals surface area contributed by atoms with E-state index >= 15 is 0 Å². The van der Waals surface area contributed by atoms with Crippen LogP contribution >= 0.6 is 0 Å². The van der Waals surface area contributed by atoms with Crippen molar-refractivity contribution in [2.24, 2.45) is 0 Å². The Balaban J connectivity index is 1.64. The second kappa shape index (κ2) is 7.84. The number of hydrogen-bond acceptors (Lipinski definition) is 2. The Labute approximate surface area is 130 Å². The molecule has 2 rings (SSSR count). The van der Waals surface area contributed by atoms with Gasteiger partial charge in [0.05, 0.1) is 0 Å². The van der Waals surface area contributed by atoms with Crippen LogP contribution in [0.15, 0.2) is 18.2 Å². The molecule has 1 aromatic rings. The summed E-state index contributed by atoms with van der Waals surface area (Å²) in [5.41, 5.74) is 2.70. The van der Waals surface area contributed by atoms with Crippen LogP contribution in [0.2, 0.25) is 0 Å². The number of hydrogen-bond donors (Lipinski definition) is 1. The number of nitrogens with one attached hydrogen (secondary N) is 1. The van der Waals surface area contributed by atoms with Gasteiger partial charge in [-0.1, -0.05) is 51.2 Å². The van der Waals surface area contributed by atoms with Crippen molar-refractivity contribution >= 4 is 0 Å². The molecule has 0 unspecified atom stereocenters. The van der Waals surface area contributed by atoms with Gasteiger partial charge in [-0.25, -0.2) is 0 Å². The molecule has 0 bridgehead atoms. The first-order valence-corrected chi connectivity index (χ1v) is 8.62. The third kappa shape index (κ3) is 5.35. The quantitative estimate of drug-likeness (QED) is 0.656. The van der Waals surface area contributed by atoms with E-state index in [1.54, 1.807) is 0 Å². The van der Waals surface area contributed by atoms with Gasteiger partial charge >= 0.3 is 0 Å². The summed E-state index contributed by atoms with van der Waals surface area (Å²) in [6, 6.07) is 6.62. The lowest BCUT2D eigenvalue weighted by molar-refractivity contribution is 0.138. The van der Waals surface area contributed by atoms with E-state index in [2.05, 4.69) is 44.3 Å². The highest BCUT2D eigenvalue weighted by Gasteiger charge is 2.29. The molecule has 1 N–H and O–H groups in total. The number of rotatable bonds is 9. The standard InChI is InChI=1S/C19H31NO/c1-4-5-6-7-8-9-12-20-15-16-10-11-18-17(13-16)14-19(2,3)21-18/h10-11,13,20H,4-9,12,14-15H2,1-3H3. The molecular formula is C19H31NO. The van der Waals surface area contributed by atoms with Crippen molar-refractivity contribution < 1.29 is 4.74 Å². The van der Waals surface area contributed by atoms with Gasteiger partial charge in [0.1, 0.15) is 11.4 Å². The molecule has 2 heteroatoms. The first-order chi connectivity index (χ1) is 10.1. The Bertz CT molecular complexity index is 439. The highest BCUT2D eigenvalue weighted by Crippen LogP contribution is 2.35. The van der Waals surface area contributed by atoms with E-state index in [0.29, 0.717) is 0 Å². The third-order valence-corrected chi connectivity index (χ3v) is 4.16. The predicted octanol–water partition coefficient (Wildman–Crippen LogP) is 4.85. The largest absolute Gasteiger partial charge is 0.487 e. The van der Waals surface area contributed by atoms with Crippen LogP contribution in [0, 0.1) is 0 Å². The summed E-state index contributed by atoms with van der Waals surface area (Å²) in [6.45, 7) is 8.69. The van der Waals surface area contributed by atoms with E-state index in [4.69, 9.17) is 4.74 Å². The predicted molar refractivity (Wildman–Crippen MR) is 89.9 cm³/mol. The summed E-state index contributed by atoms with van der Waals surface area (Å²) in [7, 11) is 0. The van der Waals surface area contributed by atoms with E-state index in [9.17, 15) is 0 Å². The number of ether oxygens (including phenoxy) is 1. The molecule has 1 aromatic carbocycles. The van der Waals surface area contributed by atoms with Crippen LogP contribution in [0.3, 0.4) is 0 Å². The number of benzene rings is 1. The van der Waals surface area contributed by atoms with Crippen LogP contribution in [-0.4, -0.2) is 12.1 Å². The van der Waals surface area contributed by atoms with E-state index in [0.717, 1.165) is 25.3 Å². The van der Waals surface area contributed by atoms with Crippen molar-refractivity contribution in [3.8, 4) is 5.75 Å². The average molecular weight is 289 g/mol. The maximum Gasteiger partial charge on any atom is 0.123 e. The summed E-state index contributed by atoms with van der Waals surface area (Å²) in [5.74, 6) is 1.07. The normalized spacial score (nSPS) is 15.8. The van der Waals surface area contributed by atoms with Crippen molar-refractivity contribution in [2.45, 2.75) is 77.9 Å². The molecule has 0 aromatic heterocycles. The minimum absolute atomic E-state index is 0.0348. The van der Waals surface area contributed by atoms with Gasteiger partial charge in [0.15, 0.2) is 0 Å². The zero-order chi connectivity index (χ0) is 15.1. The van der Waals surface area contributed by atoms with Crippen molar-refractivity contribution in [3.63, 3.8) is 0 Å². The van der Waals surface area contributed by atoms with Gasteiger partial charge in [-0.2, -0.15) is 0 Å². The first kappa shape index (κ1) is 16.4. The van der Waals surface area contributed by atoms with Crippen molar-refractivity contribution in [2.75, 3.05) is 6.54 Å². The molecule has 2 nitrogen and oxygen atoms in total. The fourth-order valence-electron chi connectivity index (χ4n) is 3.04. The molecule has 0 fully saturated rings. The third-order valence-electron chi connectivity index (χ3n) is 4.16. The summed E-state index contributed by atoms with van der Waals surface area (Å²) in [4.78, 5) is 0. The van der Waals surface area contributed by atoms with Gasteiger partial charge in [0, 0.05) is 13.0 Å². The molecule has 0 saturated heterocycles. The lowest BCUT2D eigenvalue weighted by Crippen LogP contribution is -2.24. The number of unbranched alkanes of at least 4 members (excludes halogenated alkanes) is 5. The fraction of sp³-hybridized carbons (Fsp3) is 0.684. The lowest BCUT2D eigenvalue weighted by Gasteiger charge is -2.16. The SMILES string of the molecule is CCCCCCCCNCc1ccc2c(c1)CC(C)(C)O2. The van der Waals surface area contributed by atoms with E-state index in [1.165, 1.54) is 49.7 Å². The molecule has 21 heavy (non-hydrogen) atoms. The van der Waals surface area contributed by atoms with Crippen LogP contribution in [-0.2, 0) is 13.0 Å². The van der Waals surface area contributed by atoms with Gasteiger partial charge in [-0.3, -0.25) is 0 Å². The molecule has 0 atom stereocenters. The highest BCUT2D eigenvalue weighted by atomic mass is 16.5. The summed E-state index contributed by atoms with van der Waals surface area (Å²) in [5, 5.41) is 3.56. The van der Waals surface area contributed by atoms with Crippen LogP contribution in [0.25, 0.3) is 0 Å². The van der Waals surface area contributed by atoms with Crippen LogP contribution < -0.4 is 10.1 Å². The fourth-order valence-corrected chi connectivity index (χ4v) is 3.04. The molecule has 0 radical (unpaired) electrons. The van der Waals surface area contributed by atoms with Crippen LogP contribution in [0.5, 0.6) is 5.75 Å². The number of fused-ring (bicyclic) bond motifs is 1. The minimum atomic E-state index is -0.0348. The smallest absolute Gasteiger partial charge is 0.123 e. The Morgan fingerprint density at radius 3 is 2.67 bits per heavy atom. The van der Waals surface area contributed by atoms with Crippen LogP contribution in [0.1, 0.15) is 70.4 Å². The summed E-state index contributed by atoms with van der Waals surface area (Å²) < 4.78 is 5.92. The minimum Gasteiger partial charge on any atom is -0.487 e. The van der Waals surface area contributed by atoms with Crippen molar-refractivity contribution in [1.82, 2.24) is 5.32 Å². The molecule has 1 heterocycles. The Hall–Kier alpha value is -1.02. The monoisotopic (exact) mass is 289 g/mol. The average Bonchev–Trinajstić information content (AvgIpc) is 2.75. The van der Waals surface area contributed by atoms with Crippen molar-refractivity contribution in [1.29, 1.82) is 0 Å². The van der Waals surface area contributed by atoms with E-state index < -0.39 is 0 Å². The van der Waals surface area contributed by atoms with E-state index in [1.807, 2.05) is 0 Å². The highest BCUT2D eigenvalue weighted by molar-refractivity contribution is 5.41. The Kier molecular flexibility index (Phi) is 6.10. The van der Waals surface area contributed by atoms with Crippen molar-refractivity contribution in [3.05, 3.63) is 29.3 Å². The van der Waals surface area contributed by atoms with Crippen LogP contribution in [0.4, 0.5) is 0 Å². The van der Waals surface area contributed by atoms with Gasteiger partial charge in [0.25, 0.3) is 0 Å². The maximum absolute atomic E-state index is 5.92. The molecule has 0 amide bonds. The first-order valence-electron chi connectivity index (χ1n) is 8.62. The van der Waals surface area contributed by atoms with Gasteiger partial charge in [-0.15, -0.1) is 0 Å². The van der Waals surface area contributed by atoms with Gasteiger partial charge < -0.3 is 10.1 Å².